The Labute approximate surface area is 108 Å². The molecule has 4 rings (SSSR count). The van der Waals surface area contributed by atoms with E-state index in [0.29, 0.717) is 0 Å². The van der Waals surface area contributed by atoms with E-state index < -0.39 is 0 Å². The van der Waals surface area contributed by atoms with Crippen LogP contribution < -0.4 is 0 Å². The van der Waals surface area contributed by atoms with Crippen molar-refractivity contribution in [2.75, 3.05) is 6.61 Å². The number of rotatable bonds is 0. The van der Waals surface area contributed by atoms with Crippen molar-refractivity contribution >= 4 is 0 Å². The average Bonchev–Trinajstić information content (AvgIpc) is 3.06. The van der Waals surface area contributed by atoms with E-state index in [1.165, 1.54) is 5.57 Å². The number of aliphatic hydroxyl groups is 1. The van der Waals surface area contributed by atoms with Crippen LogP contribution in [0.2, 0.25) is 0 Å². The van der Waals surface area contributed by atoms with Crippen molar-refractivity contribution in [3.8, 4) is 0 Å². The van der Waals surface area contributed by atoms with Gasteiger partial charge in [-0.05, 0) is 26.2 Å². The minimum Gasteiger partial charge on any atom is -0.390 e. The summed E-state index contributed by atoms with van der Waals surface area (Å²) in [6, 6.07) is 0. The van der Waals surface area contributed by atoms with Crippen molar-refractivity contribution in [1.82, 2.24) is 0 Å². The van der Waals surface area contributed by atoms with Gasteiger partial charge >= 0.3 is 0 Å². The van der Waals surface area contributed by atoms with Crippen LogP contribution in [0.4, 0.5) is 0 Å². The van der Waals surface area contributed by atoms with Crippen molar-refractivity contribution in [3.63, 3.8) is 0 Å². The van der Waals surface area contributed by atoms with Gasteiger partial charge in [0.1, 0.15) is 11.7 Å². The minimum atomic E-state index is -0.367. The highest BCUT2D eigenvalue weighted by Gasteiger charge is 2.79. The van der Waals surface area contributed by atoms with Gasteiger partial charge in [-0.1, -0.05) is 25.5 Å². The van der Waals surface area contributed by atoms with Crippen molar-refractivity contribution in [2.24, 2.45) is 10.8 Å². The number of hydrogen-bond donors (Lipinski definition) is 1. The molecule has 3 nitrogen and oxygen atoms in total. The molecule has 0 radical (unpaired) electrons. The van der Waals surface area contributed by atoms with E-state index in [4.69, 9.17) is 9.47 Å². The first kappa shape index (κ1) is 11.4. The lowest BCUT2D eigenvalue weighted by Crippen LogP contribution is -2.61. The summed E-state index contributed by atoms with van der Waals surface area (Å²) in [7, 11) is 0. The molecule has 0 unspecified atom stereocenters. The highest BCUT2D eigenvalue weighted by atomic mass is 16.6. The molecule has 0 aromatic carbocycles. The van der Waals surface area contributed by atoms with E-state index >= 15 is 0 Å². The normalized spacial score (nSPS) is 61.6. The van der Waals surface area contributed by atoms with Crippen LogP contribution in [-0.2, 0) is 9.47 Å². The Morgan fingerprint density at radius 1 is 1.39 bits per heavy atom. The number of fused-ring (bicyclic) bond motifs is 2. The predicted octanol–water partition coefficient (Wildman–Crippen LogP) is 2.04. The maximum Gasteiger partial charge on any atom is 0.126 e. The Kier molecular flexibility index (Phi) is 1.92. The Balaban J connectivity index is 1.86. The molecular weight excluding hydrogens is 228 g/mol. The molecule has 1 spiro atoms. The standard InChI is InChI=1S/C15H22O3/c1-9-4-5-13(2)11(6-9)18-12-10(16)7-14(13,3)15(12)8-17-15/h6,10-12,16H,4-5,7-8H2,1-3H3/t10-,11-,12-,13+,14-,15-/m1/s1. The molecule has 6 atom stereocenters. The van der Waals surface area contributed by atoms with Crippen molar-refractivity contribution in [2.45, 2.75) is 63.9 Å². The van der Waals surface area contributed by atoms with Gasteiger partial charge in [0.05, 0.1) is 18.8 Å². The van der Waals surface area contributed by atoms with E-state index in [-0.39, 0.29) is 34.7 Å². The molecule has 0 aromatic rings. The van der Waals surface area contributed by atoms with E-state index in [1.807, 2.05) is 0 Å². The van der Waals surface area contributed by atoms with Crippen molar-refractivity contribution in [1.29, 1.82) is 0 Å². The molecule has 2 heterocycles. The van der Waals surface area contributed by atoms with Crippen LogP contribution in [-0.4, -0.2) is 35.6 Å². The van der Waals surface area contributed by atoms with Gasteiger partial charge < -0.3 is 14.6 Å². The zero-order valence-electron chi connectivity index (χ0n) is 11.4. The molecular formula is C15H22O3. The molecule has 3 heteroatoms. The number of epoxide rings is 1. The number of hydrogen-bond acceptors (Lipinski definition) is 3. The highest BCUT2D eigenvalue weighted by Crippen LogP contribution is 2.71. The number of allylic oxidation sites excluding steroid dienone is 1. The van der Waals surface area contributed by atoms with Crippen LogP contribution >= 0.6 is 0 Å². The van der Waals surface area contributed by atoms with Crippen molar-refractivity contribution in [3.05, 3.63) is 11.6 Å². The molecule has 3 fully saturated rings. The Morgan fingerprint density at radius 2 is 2.11 bits per heavy atom. The maximum atomic E-state index is 10.3. The molecule has 1 saturated carbocycles. The zero-order valence-corrected chi connectivity index (χ0v) is 11.4. The van der Waals surface area contributed by atoms with Gasteiger partial charge in [0.25, 0.3) is 0 Å². The van der Waals surface area contributed by atoms with Crippen LogP contribution in [0.15, 0.2) is 11.6 Å². The topological polar surface area (TPSA) is 42.0 Å². The summed E-state index contributed by atoms with van der Waals surface area (Å²) >= 11 is 0. The van der Waals surface area contributed by atoms with Gasteiger partial charge in [-0.3, -0.25) is 0 Å². The molecule has 2 saturated heterocycles. The Bertz CT molecular complexity index is 439. The fourth-order valence-corrected chi connectivity index (χ4v) is 4.86. The summed E-state index contributed by atoms with van der Waals surface area (Å²) in [5.41, 5.74) is 1.36. The summed E-state index contributed by atoms with van der Waals surface area (Å²) in [5.74, 6) is 0. The highest BCUT2D eigenvalue weighted by molar-refractivity contribution is 5.31. The second kappa shape index (κ2) is 3.02. The molecule has 18 heavy (non-hydrogen) atoms. The monoisotopic (exact) mass is 250 g/mol. The molecule has 0 aromatic heterocycles. The fraction of sp³-hybridized carbons (Fsp3) is 0.867. The summed E-state index contributed by atoms with van der Waals surface area (Å²) in [5, 5.41) is 10.3. The largest absolute Gasteiger partial charge is 0.390 e. The molecule has 0 amide bonds. The lowest BCUT2D eigenvalue weighted by molar-refractivity contribution is -0.197. The number of ether oxygens (including phenoxy) is 2. The second-order valence-corrected chi connectivity index (χ2v) is 7.19. The first-order valence-electron chi connectivity index (χ1n) is 7.08. The summed E-state index contributed by atoms with van der Waals surface area (Å²) in [6.45, 7) is 7.59. The Morgan fingerprint density at radius 3 is 2.78 bits per heavy atom. The summed E-state index contributed by atoms with van der Waals surface area (Å²) < 4.78 is 12.1. The third-order valence-corrected chi connectivity index (χ3v) is 6.47. The fourth-order valence-electron chi connectivity index (χ4n) is 4.86. The van der Waals surface area contributed by atoms with Gasteiger partial charge in [-0.25, -0.2) is 0 Å². The van der Waals surface area contributed by atoms with Gasteiger partial charge in [0.2, 0.25) is 0 Å². The van der Waals surface area contributed by atoms with Crippen LogP contribution in [0.1, 0.15) is 40.0 Å². The smallest absolute Gasteiger partial charge is 0.126 e. The zero-order chi connectivity index (χ0) is 12.8. The van der Waals surface area contributed by atoms with Crippen molar-refractivity contribution < 1.29 is 14.6 Å². The van der Waals surface area contributed by atoms with E-state index in [9.17, 15) is 5.11 Å². The third-order valence-electron chi connectivity index (χ3n) is 6.47. The van der Waals surface area contributed by atoms with Gasteiger partial charge in [0.15, 0.2) is 0 Å². The number of aliphatic hydroxyl groups excluding tert-OH is 1. The van der Waals surface area contributed by atoms with Crippen LogP contribution in [0, 0.1) is 10.8 Å². The lowest BCUT2D eigenvalue weighted by Gasteiger charge is -2.56. The van der Waals surface area contributed by atoms with E-state index in [1.54, 1.807) is 0 Å². The van der Waals surface area contributed by atoms with Gasteiger partial charge in [-0.15, -0.1) is 0 Å². The lowest BCUT2D eigenvalue weighted by atomic mass is 9.53. The Hall–Kier alpha value is -0.380. The van der Waals surface area contributed by atoms with Crippen LogP contribution in [0.5, 0.6) is 0 Å². The third kappa shape index (κ3) is 1.01. The van der Waals surface area contributed by atoms with E-state index in [0.717, 1.165) is 25.9 Å². The molecule has 100 valence electrons. The average molecular weight is 250 g/mol. The predicted molar refractivity (Wildman–Crippen MR) is 67.2 cm³/mol. The minimum absolute atomic E-state index is 0.0458. The van der Waals surface area contributed by atoms with Crippen LogP contribution in [0.3, 0.4) is 0 Å². The first-order chi connectivity index (χ1) is 8.43. The molecule has 2 bridgehead atoms. The summed E-state index contributed by atoms with van der Waals surface area (Å²) in [4.78, 5) is 0. The van der Waals surface area contributed by atoms with Crippen LogP contribution in [0.25, 0.3) is 0 Å². The quantitative estimate of drug-likeness (QED) is 0.528. The first-order valence-corrected chi connectivity index (χ1v) is 7.08. The summed E-state index contributed by atoms with van der Waals surface area (Å²) in [6.07, 6.45) is 5.04. The maximum absolute atomic E-state index is 10.3. The molecule has 4 aliphatic rings. The second-order valence-electron chi connectivity index (χ2n) is 7.19. The molecule has 1 N–H and O–H groups in total. The van der Waals surface area contributed by atoms with E-state index in [2.05, 4.69) is 26.8 Å². The van der Waals surface area contributed by atoms with Gasteiger partial charge in [-0.2, -0.15) is 0 Å². The molecule has 2 aliphatic heterocycles. The molecule has 2 aliphatic carbocycles. The SMILES string of the molecule is CC1=C[C@H]2O[C@@H]3[C@H](O)C[C@](C)([C@@]2(C)CC1)[C@@]31CO1. The van der Waals surface area contributed by atoms with Gasteiger partial charge in [0, 0.05) is 10.8 Å².